The molecule has 0 N–H and O–H groups in total. The van der Waals surface area contributed by atoms with Crippen molar-refractivity contribution in [2.75, 3.05) is 13.1 Å². The first-order valence-electron chi connectivity index (χ1n) is 6.53. The van der Waals surface area contributed by atoms with Crippen LogP contribution >= 0.6 is 11.6 Å². The number of halogens is 1. The summed E-state index contributed by atoms with van der Waals surface area (Å²) in [7, 11) is 0. The molecule has 2 aromatic rings. The van der Waals surface area contributed by atoms with E-state index in [2.05, 4.69) is 13.2 Å². The van der Waals surface area contributed by atoms with Gasteiger partial charge in [-0.2, -0.15) is 0 Å². The van der Waals surface area contributed by atoms with Crippen molar-refractivity contribution in [3.05, 3.63) is 72.5 Å². The Morgan fingerprint density at radius 1 is 1.14 bits per heavy atom. The highest BCUT2D eigenvalue weighted by Crippen LogP contribution is 2.29. The van der Waals surface area contributed by atoms with Crippen LogP contribution in [0.25, 0.3) is 11.3 Å². The standard InChI is InChI=1S/C17H16ClNO2/c1-3-11-19(12-4-2)17(20)16-10-9-15(21-16)13-7-5-6-8-14(13)18/h3-10H,1-2,11-12H2. The van der Waals surface area contributed by atoms with Crippen molar-refractivity contribution in [2.45, 2.75) is 0 Å². The largest absolute Gasteiger partial charge is 0.451 e. The average molecular weight is 302 g/mol. The van der Waals surface area contributed by atoms with Crippen LogP contribution in [0.3, 0.4) is 0 Å². The van der Waals surface area contributed by atoms with E-state index in [9.17, 15) is 4.79 Å². The summed E-state index contributed by atoms with van der Waals surface area (Å²) in [5.41, 5.74) is 0.761. The minimum absolute atomic E-state index is 0.201. The van der Waals surface area contributed by atoms with Gasteiger partial charge in [-0.3, -0.25) is 4.79 Å². The Morgan fingerprint density at radius 3 is 2.43 bits per heavy atom. The van der Waals surface area contributed by atoms with Crippen LogP contribution in [0.5, 0.6) is 0 Å². The molecule has 1 amide bonds. The van der Waals surface area contributed by atoms with Crippen LogP contribution in [0.4, 0.5) is 0 Å². The lowest BCUT2D eigenvalue weighted by Gasteiger charge is -2.17. The van der Waals surface area contributed by atoms with Gasteiger partial charge in [0.1, 0.15) is 5.76 Å². The number of benzene rings is 1. The molecule has 0 aliphatic carbocycles. The monoisotopic (exact) mass is 301 g/mol. The molecule has 0 bridgehead atoms. The van der Waals surface area contributed by atoms with E-state index in [-0.39, 0.29) is 11.7 Å². The van der Waals surface area contributed by atoms with E-state index >= 15 is 0 Å². The normalized spacial score (nSPS) is 10.1. The second-order valence-corrected chi connectivity index (χ2v) is 4.84. The molecular formula is C17H16ClNO2. The van der Waals surface area contributed by atoms with Gasteiger partial charge >= 0.3 is 0 Å². The fourth-order valence-corrected chi connectivity index (χ4v) is 2.20. The summed E-state index contributed by atoms with van der Waals surface area (Å²) in [4.78, 5) is 14.0. The average Bonchev–Trinajstić information content (AvgIpc) is 2.96. The van der Waals surface area contributed by atoms with E-state index < -0.39 is 0 Å². The second kappa shape index (κ2) is 6.95. The van der Waals surface area contributed by atoms with Crippen LogP contribution < -0.4 is 0 Å². The van der Waals surface area contributed by atoms with Gasteiger partial charge in [-0.1, -0.05) is 35.9 Å². The van der Waals surface area contributed by atoms with Crippen LogP contribution in [0, 0.1) is 0 Å². The lowest BCUT2D eigenvalue weighted by atomic mass is 10.2. The highest BCUT2D eigenvalue weighted by atomic mass is 35.5. The van der Waals surface area contributed by atoms with Crippen molar-refractivity contribution in [1.82, 2.24) is 4.90 Å². The predicted molar refractivity (Wildman–Crippen MR) is 85.5 cm³/mol. The third-order valence-corrected chi connectivity index (χ3v) is 3.27. The van der Waals surface area contributed by atoms with Gasteiger partial charge in [0.25, 0.3) is 5.91 Å². The van der Waals surface area contributed by atoms with Gasteiger partial charge < -0.3 is 9.32 Å². The van der Waals surface area contributed by atoms with Crippen LogP contribution in [0.2, 0.25) is 5.02 Å². The lowest BCUT2D eigenvalue weighted by Crippen LogP contribution is -2.30. The summed E-state index contributed by atoms with van der Waals surface area (Å²) in [5.74, 6) is 0.642. The molecule has 4 heteroatoms. The van der Waals surface area contributed by atoms with Gasteiger partial charge in [0, 0.05) is 18.7 Å². The molecule has 2 rings (SSSR count). The molecule has 0 aliphatic heterocycles. The zero-order chi connectivity index (χ0) is 15.2. The predicted octanol–water partition coefficient (Wildman–Crippen LogP) is 4.41. The highest BCUT2D eigenvalue weighted by molar-refractivity contribution is 6.33. The molecule has 0 saturated carbocycles. The third kappa shape index (κ3) is 3.44. The SMILES string of the molecule is C=CCN(CC=C)C(=O)c1ccc(-c2ccccc2Cl)o1. The van der Waals surface area contributed by atoms with Crippen molar-refractivity contribution < 1.29 is 9.21 Å². The first-order chi connectivity index (χ1) is 10.2. The fourth-order valence-electron chi connectivity index (χ4n) is 1.97. The number of hydrogen-bond donors (Lipinski definition) is 0. The van der Waals surface area contributed by atoms with E-state index in [4.69, 9.17) is 16.0 Å². The Labute approximate surface area is 129 Å². The number of furan rings is 1. The van der Waals surface area contributed by atoms with Crippen LogP contribution in [0.15, 0.2) is 66.1 Å². The van der Waals surface area contributed by atoms with E-state index in [1.807, 2.05) is 18.2 Å². The molecule has 0 fully saturated rings. The summed E-state index contributed by atoms with van der Waals surface area (Å²) in [6, 6.07) is 10.7. The highest BCUT2D eigenvalue weighted by Gasteiger charge is 2.18. The Hall–Kier alpha value is -2.26. The molecular weight excluding hydrogens is 286 g/mol. The van der Waals surface area contributed by atoms with Gasteiger partial charge in [-0.25, -0.2) is 0 Å². The first-order valence-corrected chi connectivity index (χ1v) is 6.91. The minimum Gasteiger partial charge on any atom is -0.451 e. The summed E-state index contributed by atoms with van der Waals surface area (Å²) in [5, 5.41) is 0.583. The number of nitrogens with zero attached hydrogens (tertiary/aromatic N) is 1. The zero-order valence-electron chi connectivity index (χ0n) is 11.6. The molecule has 0 saturated heterocycles. The Bertz CT molecular complexity index is 650. The first kappa shape index (κ1) is 15.1. The van der Waals surface area contributed by atoms with Crippen LogP contribution in [-0.4, -0.2) is 23.9 Å². The second-order valence-electron chi connectivity index (χ2n) is 4.43. The smallest absolute Gasteiger partial charge is 0.290 e. The van der Waals surface area contributed by atoms with E-state index in [1.165, 1.54) is 0 Å². The Balaban J connectivity index is 2.27. The molecule has 21 heavy (non-hydrogen) atoms. The molecule has 1 heterocycles. The number of rotatable bonds is 6. The minimum atomic E-state index is -0.201. The number of amides is 1. The van der Waals surface area contributed by atoms with E-state index in [0.29, 0.717) is 23.9 Å². The molecule has 0 aliphatic rings. The van der Waals surface area contributed by atoms with Gasteiger partial charge in [-0.15, -0.1) is 13.2 Å². The maximum absolute atomic E-state index is 12.4. The van der Waals surface area contributed by atoms with Crippen molar-refractivity contribution in [3.63, 3.8) is 0 Å². The van der Waals surface area contributed by atoms with Gasteiger partial charge in [-0.05, 0) is 24.3 Å². The Kier molecular flexibility index (Phi) is 5.01. The van der Waals surface area contributed by atoms with Crippen molar-refractivity contribution >= 4 is 17.5 Å². The number of carbonyl (C=O) groups is 1. The summed E-state index contributed by atoms with van der Waals surface area (Å²) in [6.07, 6.45) is 3.33. The molecule has 0 unspecified atom stereocenters. The number of carbonyl (C=O) groups excluding carboxylic acids is 1. The molecule has 0 spiro atoms. The number of hydrogen-bond acceptors (Lipinski definition) is 2. The summed E-state index contributed by atoms with van der Waals surface area (Å²) >= 11 is 6.13. The van der Waals surface area contributed by atoms with E-state index in [1.54, 1.807) is 35.3 Å². The van der Waals surface area contributed by atoms with Crippen LogP contribution in [0.1, 0.15) is 10.6 Å². The maximum atomic E-state index is 12.4. The topological polar surface area (TPSA) is 33.5 Å². The van der Waals surface area contributed by atoms with Crippen molar-refractivity contribution in [3.8, 4) is 11.3 Å². The third-order valence-electron chi connectivity index (χ3n) is 2.94. The molecule has 108 valence electrons. The lowest BCUT2D eigenvalue weighted by molar-refractivity contribution is 0.0760. The summed E-state index contributed by atoms with van der Waals surface area (Å²) < 4.78 is 5.64. The van der Waals surface area contributed by atoms with Crippen molar-refractivity contribution in [2.24, 2.45) is 0 Å². The zero-order valence-corrected chi connectivity index (χ0v) is 12.3. The molecule has 3 nitrogen and oxygen atoms in total. The molecule has 1 aromatic carbocycles. The van der Waals surface area contributed by atoms with Crippen molar-refractivity contribution in [1.29, 1.82) is 0 Å². The molecule has 0 atom stereocenters. The maximum Gasteiger partial charge on any atom is 0.290 e. The van der Waals surface area contributed by atoms with Crippen LogP contribution in [-0.2, 0) is 0 Å². The molecule has 1 aromatic heterocycles. The van der Waals surface area contributed by atoms with Gasteiger partial charge in [0.2, 0.25) is 0 Å². The fraction of sp³-hybridized carbons (Fsp3) is 0.118. The van der Waals surface area contributed by atoms with E-state index in [0.717, 1.165) is 5.56 Å². The summed E-state index contributed by atoms with van der Waals surface area (Å²) in [6.45, 7) is 8.17. The Morgan fingerprint density at radius 2 is 1.81 bits per heavy atom. The quantitative estimate of drug-likeness (QED) is 0.740. The molecule has 0 radical (unpaired) electrons. The van der Waals surface area contributed by atoms with Gasteiger partial charge in [0.05, 0.1) is 5.02 Å². The van der Waals surface area contributed by atoms with Gasteiger partial charge in [0.15, 0.2) is 5.76 Å².